The molecule has 7 nitrogen and oxygen atoms in total. The van der Waals surface area contributed by atoms with E-state index in [1.807, 2.05) is 36.4 Å². The molecule has 1 aromatic heterocycles. The van der Waals surface area contributed by atoms with E-state index < -0.39 is 0 Å². The second-order valence-corrected chi connectivity index (χ2v) is 7.44. The van der Waals surface area contributed by atoms with Gasteiger partial charge in [-0.15, -0.1) is 5.10 Å². The molecule has 2 N–H and O–H groups in total. The Kier molecular flexibility index (Phi) is 7.59. The minimum absolute atomic E-state index is 0.0478. The molecule has 0 saturated carbocycles. The molecule has 1 aliphatic rings. The minimum Gasteiger partial charge on any atom is -0.396 e. The van der Waals surface area contributed by atoms with Crippen molar-refractivity contribution in [1.82, 2.24) is 25.2 Å². The summed E-state index contributed by atoms with van der Waals surface area (Å²) in [5.41, 5.74) is 1.39. The maximum atomic E-state index is 12.1. The molecule has 0 bridgehead atoms. The second kappa shape index (κ2) is 10.4. The maximum absolute atomic E-state index is 12.1. The fourth-order valence-corrected chi connectivity index (χ4v) is 3.61. The van der Waals surface area contributed by atoms with Crippen LogP contribution in [0, 0.1) is 0 Å². The predicted octanol–water partition coefficient (Wildman–Crippen LogP) is 2.31. The van der Waals surface area contributed by atoms with Crippen molar-refractivity contribution in [2.75, 3.05) is 32.8 Å². The van der Waals surface area contributed by atoms with Gasteiger partial charge in [0.05, 0.1) is 12.2 Å². The molecule has 28 heavy (non-hydrogen) atoms. The molecule has 1 aliphatic heterocycles. The third kappa shape index (κ3) is 5.89. The molecule has 0 radical (unpaired) electrons. The molecule has 0 aliphatic carbocycles. The smallest absolute Gasteiger partial charge is 0.273 e. The third-order valence-electron chi connectivity index (χ3n) is 4.72. The van der Waals surface area contributed by atoms with E-state index in [0.717, 1.165) is 36.5 Å². The van der Waals surface area contributed by atoms with Gasteiger partial charge in [-0.2, -0.15) is 0 Å². The van der Waals surface area contributed by atoms with Crippen molar-refractivity contribution in [3.8, 4) is 0 Å². The molecule has 1 amide bonds. The topological polar surface area (TPSA) is 83.3 Å². The average Bonchev–Trinajstić information content (AvgIpc) is 3.19. The Morgan fingerprint density at radius 3 is 2.96 bits per heavy atom. The summed E-state index contributed by atoms with van der Waals surface area (Å²) in [7, 11) is 0. The van der Waals surface area contributed by atoms with Crippen molar-refractivity contribution >= 4 is 23.6 Å². The lowest BCUT2D eigenvalue weighted by atomic mass is 10.1. The van der Waals surface area contributed by atoms with Crippen molar-refractivity contribution in [2.45, 2.75) is 25.3 Å². The number of rotatable bonds is 8. The molecule has 1 aromatic carbocycles. The van der Waals surface area contributed by atoms with Gasteiger partial charge in [-0.05, 0) is 37.4 Å². The maximum Gasteiger partial charge on any atom is 0.273 e. The fourth-order valence-electron chi connectivity index (χ4n) is 3.31. The highest BCUT2D eigenvalue weighted by molar-refractivity contribution is 6.31. The quantitative estimate of drug-likeness (QED) is 0.661. The number of aliphatic hydroxyl groups is 1. The molecule has 1 unspecified atom stereocenters. The molecular weight excluding hydrogens is 378 g/mol. The van der Waals surface area contributed by atoms with E-state index in [2.05, 4.69) is 20.5 Å². The van der Waals surface area contributed by atoms with Crippen LogP contribution in [-0.4, -0.2) is 63.7 Å². The Morgan fingerprint density at radius 2 is 2.18 bits per heavy atom. The number of benzene rings is 1. The predicted molar refractivity (Wildman–Crippen MR) is 109 cm³/mol. The van der Waals surface area contributed by atoms with Gasteiger partial charge in [0.1, 0.15) is 0 Å². The van der Waals surface area contributed by atoms with Crippen LogP contribution < -0.4 is 5.32 Å². The van der Waals surface area contributed by atoms with E-state index in [0.29, 0.717) is 25.2 Å². The van der Waals surface area contributed by atoms with Crippen molar-refractivity contribution in [1.29, 1.82) is 0 Å². The summed E-state index contributed by atoms with van der Waals surface area (Å²) in [6.45, 7) is 2.96. The number of carbonyl (C=O) groups is 1. The Labute approximate surface area is 170 Å². The summed E-state index contributed by atoms with van der Waals surface area (Å²) in [5, 5.41) is 20.5. The Morgan fingerprint density at radius 1 is 1.36 bits per heavy atom. The standard InChI is InChI=1S/C20H26ClN5O2/c21-17(12-16-6-2-1-3-7-16)13-25-10-4-8-18(14-25)26-15-19(23-24-26)20(28)22-9-5-11-27/h1-3,6-7,12,15,18,27H,4-5,8-11,13-14H2,(H,22,28). The van der Waals surface area contributed by atoms with Gasteiger partial charge in [-0.25, -0.2) is 4.68 Å². The molecule has 0 spiro atoms. The summed E-state index contributed by atoms with van der Waals surface area (Å²) < 4.78 is 1.78. The zero-order chi connectivity index (χ0) is 19.8. The van der Waals surface area contributed by atoms with Crippen LogP contribution in [0.25, 0.3) is 6.08 Å². The van der Waals surface area contributed by atoms with Gasteiger partial charge in [0.2, 0.25) is 0 Å². The van der Waals surface area contributed by atoms with E-state index >= 15 is 0 Å². The van der Waals surface area contributed by atoms with Crippen molar-refractivity contribution in [3.05, 3.63) is 52.8 Å². The van der Waals surface area contributed by atoms with Gasteiger partial charge in [0.25, 0.3) is 5.91 Å². The Hall–Kier alpha value is -2.22. The van der Waals surface area contributed by atoms with Crippen LogP contribution in [0.5, 0.6) is 0 Å². The van der Waals surface area contributed by atoms with Gasteiger partial charge >= 0.3 is 0 Å². The number of piperidine rings is 1. The van der Waals surface area contributed by atoms with Crippen molar-refractivity contribution in [2.24, 2.45) is 0 Å². The minimum atomic E-state index is -0.263. The van der Waals surface area contributed by atoms with Crippen molar-refractivity contribution < 1.29 is 9.90 Å². The van der Waals surface area contributed by atoms with Crippen LogP contribution in [0.2, 0.25) is 0 Å². The van der Waals surface area contributed by atoms with E-state index in [4.69, 9.17) is 16.7 Å². The monoisotopic (exact) mass is 403 g/mol. The number of carbonyl (C=O) groups excluding carboxylic acids is 1. The third-order valence-corrected chi connectivity index (χ3v) is 4.94. The number of aromatic nitrogens is 3. The summed E-state index contributed by atoms with van der Waals surface area (Å²) >= 11 is 6.46. The molecule has 150 valence electrons. The first-order valence-electron chi connectivity index (χ1n) is 9.60. The highest BCUT2D eigenvalue weighted by atomic mass is 35.5. The van der Waals surface area contributed by atoms with Gasteiger partial charge in [0.15, 0.2) is 5.69 Å². The molecule has 1 atom stereocenters. The lowest BCUT2D eigenvalue weighted by Crippen LogP contribution is -2.37. The SMILES string of the molecule is O=C(NCCCO)c1cn(C2CCCN(CC(Cl)=Cc3ccccc3)C2)nn1. The van der Waals surface area contributed by atoms with Crippen LogP contribution in [-0.2, 0) is 0 Å². The van der Waals surface area contributed by atoms with Crippen molar-refractivity contribution in [3.63, 3.8) is 0 Å². The molecule has 2 heterocycles. The number of likely N-dealkylation sites (tertiary alicyclic amines) is 1. The Bertz CT molecular complexity index is 793. The fraction of sp³-hybridized carbons (Fsp3) is 0.450. The van der Waals surface area contributed by atoms with Gasteiger partial charge in [0, 0.05) is 31.3 Å². The van der Waals surface area contributed by atoms with Crippen LogP contribution in [0.1, 0.15) is 41.4 Å². The molecule has 1 saturated heterocycles. The van der Waals surface area contributed by atoms with Gasteiger partial charge < -0.3 is 10.4 Å². The number of hydrogen-bond donors (Lipinski definition) is 2. The molecule has 2 aromatic rings. The van der Waals surface area contributed by atoms with E-state index in [1.54, 1.807) is 10.9 Å². The summed E-state index contributed by atoms with van der Waals surface area (Å²) in [6, 6.07) is 10.2. The normalized spacial score (nSPS) is 18.2. The molecule has 1 fully saturated rings. The molecular formula is C20H26ClN5O2. The first-order chi connectivity index (χ1) is 13.7. The second-order valence-electron chi connectivity index (χ2n) is 6.95. The first-order valence-corrected chi connectivity index (χ1v) is 9.98. The highest BCUT2D eigenvalue weighted by Gasteiger charge is 2.23. The average molecular weight is 404 g/mol. The van der Waals surface area contributed by atoms with Crippen LogP contribution >= 0.6 is 11.6 Å². The van der Waals surface area contributed by atoms with E-state index in [1.165, 1.54) is 0 Å². The molecule has 3 rings (SSSR count). The first kappa shape index (κ1) is 20.5. The Balaban J connectivity index is 1.56. The summed E-state index contributed by atoms with van der Waals surface area (Å²) in [6.07, 6.45) is 6.25. The number of halogens is 1. The van der Waals surface area contributed by atoms with Crippen LogP contribution in [0.15, 0.2) is 41.6 Å². The van der Waals surface area contributed by atoms with Gasteiger partial charge in [-0.3, -0.25) is 9.69 Å². The molecule has 8 heteroatoms. The zero-order valence-corrected chi connectivity index (χ0v) is 16.6. The number of nitrogens with one attached hydrogen (secondary N) is 1. The van der Waals surface area contributed by atoms with Crippen LogP contribution in [0.4, 0.5) is 0 Å². The number of nitrogens with zero attached hydrogens (tertiary/aromatic N) is 4. The van der Waals surface area contributed by atoms with E-state index in [9.17, 15) is 4.79 Å². The number of aliphatic hydroxyl groups excluding tert-OH is 1. The lowest BCUT2D eigenvalue weighted by Gasteiger charge is -2.32. The summed E-state index contributed by atoms with van der Waals surface area (Å²) in [5.74, 6) is -0.263. The highest BCUT2D eigenvalue weighted by Crippen LogP contribution is 2.22. The lowest BCUT2D eigenvalue weighted by molar-refractivity contribution is 0.0946. The van der Waals surface area contributed by atoms with Crippen LogP contribution in [0.3, 0.4) is 0 Å². The van der Waals surface area contributed by atoms with E-state index in [-0.39, 0.29) is 18.6 Å². The van der Waals surface area contributed by atoms with Gasteiger partial charge in [-0.1, -0.05) is 47.1 Å². The number of amides is 1. The number of hydrogen-bond acceptors (Lipinski definition) is 5. The largest absolute Gasteiger partial charge is 0.396 e. The zero-order valence-electron chi connectivity index (χ0n) is 15.8. The summed E-state index contributed by atoms with van der Waals surface area (Å²) in [4.78, 5) is 14.4.